The first-order chi connectivity index (χ1) is 14.1. The van der Waals surface area contributed by atoms with Crippen molar-refractivity contribution in [2.75, 3.05) is 13.7 Å². The van der Waals surface area contributed by atoms with E-state index in [9.17, 15) is 8.42 Å². The molecule has 0 saturated carbocycles. The number of nitrogens with zero attached hydrogens (tertiary/aromatic N) is 3. The molecule has 29 heavy (non-hydrogen) atoms. The van der Waals surface area contributed by atoms with Crippen LogP contribution in [0.1, 0.15) is 30.1 Å². The first-order valence-corrected chi connectivity index (χ1v) is 11.0. The number of rotatable bonds is 7. The molecule has 1 aliphatic heterocycles. The van der Waals surface area contributed by atoms with Crippen LogP contribution in [0.15, 0.2) is 64.0 Å². The monoisotopic (exact) mass is 413 g/mol. The largest absolute Gasteiger partial charge is 0.497 e. The number of hydrogen-bond donors (Lipinski definition) is 0. The van der Waals surface area contributed by atoms with E-state index in [0.717, 1.165) is 18.4 Å². The van der Waals surface area contributed by atoms with Gasteiger partial charge in [-0.1, -0.05) is 35.5 Å². The number of hydrogen-bond acceptors (Lipinski definition) is 6. The van der Waals surface area contributed by atoms with Crippen molar-refractivity contribution in [3.05, 3.63) is 71.9 Å². The molecule has 1 aliphatic rings. The second kappa shape index (κ2) is 8.34. The smallest absolute Gasteiger partial charge is 0.243 e. The van der Waals surface area contributed by atoms with Crippen LogP contribution < -0.4 is 4.74 Å². The molecule has 1 unspecified atom stereocenters. The average Bonchev–Trinajstić information content (AvgIpc) is 3.39. The summed E-state index contributed by atoms with van der Waals surface area (Å²) < 4.78 is 38.2. The summed E-state index contributed by atoms with van der Waals surface area (Å²) in [5.41, 5.74) is 1.09. The highest BCUT2D eigenvalue weighted by atomic mass is 32.2. The van der Waals surface area contributed by atoms with Crippen molar-refractivity contribution in [3.63, 3.8) is 0 Å². The molecule has 4 rings (SSSR count). The first kappa shape index (κ1) is 19.6. The lowest BCUT2D eigenvalue weighted by atomic mass is 10.1. The molecule has 0 N–H and O–H groups in total. The van der Waals surface area contributed by atoms with Crippen LogP contribution >= 0.6 is 0 Å². The van der Waals surface area contributed by atoms with Gasteiger partial charge in [0.15, 0.2) is 5.82 Å². The number of benzene rings is 2. The van der Waals surface area contributed by atoms with Gasteiger partial charge in [0.2, 0.25) is 15.9 Å². The van der Waals surface area contributed by atoms with E-state index in [-0.39, 0.29) is 10.9 Å². The Bertz CT molecular complexity index is 1050. The lowest BCUT2D eigenvalue weighted by Crippen LogP contribution is -2.37. The highest BCUT2D eigenvalue weighted by Gasteiger charge is 2.36. The maximum absolute atomic E-state index is 13.1. The Morgan fingerprint density at radius 2 is 1.90 bits per heavy atom. The van der Waals surface area contributed by atoms with Gasteiger partial charge < -0.3 is 9.26 Å². The maximum Gasteiger partial charge on any atom is 0.243 e. The molecule has 152 valence electrons. The molecule has 1 aromatic heterocycles. The summed E-state index contributed by atoms with van der Waals surface area (Å²) in [4.78, 5) is 4.73. The second-order valence-electron chi connectivity index (χ2n) is 7.06. The number of aromatic nitrogens is 2. The Hall–Kier alpha value is -2.71. The zero-order valence-electron chi connectivity index (χ0n) is 16.2. The molecule has 8 heteroatoms. The molecule has 0 spiro atoms. The molecule has 0 bridgehead atoms. The zero-order chi connectivity index (χ0) is 20.3. The number of ether oxygens (including phenoxy) is 1. The molecule has 2 heterocycles. The fourth-order valence-corrected chi connectivity index (χ4v) is 5.33. The normalized spacial score (nSPS) is 17.5. The van der Waals surface area contributed by atoms with Gasteiger partial charge in [-0.25, -0.2) is 8.42 Å². The minimum Gasteiger partial charge on any atom is -0.497 e. The third-order valence-electron chi connectivity index (χ3n) is 5.12. The van der Waals surface area contributed by atoms with E-state index in [1.54, 1.807) is 35.7 Å². The van der Waals surface area contributed by atoms with Crippen molar-refractivity contribution in [3.8, 4) is 5.75 Å². The fraction of sp³-hybridized carbons (Fsp3) is 0.333. The molecular weight excluding hydrogens is 390 g/mol. The maximum atomic E-state index is 13.1. The molecule has 0 radical (unpaired) electrons. The number of methoxy groups -OCH3 is 1. The highest BCUT2D eigenvalue weighted by Crippen LogP contribution is 2.28. The standard InChI is InChI=1S/C21H23N3O4S/c1-27-18-9-11-19(12-10-18)29(25,26)24-13-5-8-17(24)15-20-22-21(28-23-20)14-16-6-3-2-4-7-16/h2-4,6-7,9-12,17H,5,8,13-15H2,1H3. The van der Waals surface area contributed by atoms with E-state index in [4.69, 9.17) is 9.26 Å². The van der Waals surface area contributed by atoms with Crippen molar-refractivity contribution < 1.29 is 17.7 Å². The van der Waals surface area contributed by atoms with Crippen LogP contribution in [0.2, 0.25) is 0 Å². The third kappa shape index (κ3) is 4.33. The van der Waals surface area contributed by atoms with Crippen LogP contribution in [-0.2, 0) is 22.9 Å². The molecule has 1 saturated heterocycles. The van der Waals surface area contributed by atoms with Crippen molar-refractivity contribution >= 4 is 10.0 Å². The van der Waals surface area contributed by atoms with Crippen LogP contribution in [0.25, 0.3) is 0 Å². The molecule has 2 aromatic carbocycles. The van der Waals surface area contributed by atoms with Gasteiger partial charge in [-0.15, -0.1) is 0 Å². The second-order valence-corrected chi connectivity index (χ2v) is 8.95. The lowest BCUT2D eigenvalue weighted by molar-refractivity contribution is 0.359. The van der Waals surface area contributed by atoms with E-state index in [1.807, 2.05) is 30.3 Å². The van der Waals surface area contributed by atoms with Crippen molar-refractivity contribution in [1.82, 2.24) is 14.4 Å². The van der Waals surface area contributed by atoms with Crippen molar-refractivity contribution in [2.24, 2.45) is 0 Å². The van der Waals surface area contributed by atoms with Crippen LogP contribution in [0.3, 0.4) is 0 Å². The molecular formula is C21H23N3O4S. The lowest BCUT2D eigenvalue weighted by Gasteiger charge is -2.23. The van der Waals surface area contributed by atoms with E-state index < -0.39 is 10.0 Å². The Morgan fingerprint density at radius 1 is 1.14 bits per heavy atom. The Labute approximate surface area is 170 Å². The minimum atomic E-state index is -3.58. The van der Waals surface area contributed by atoms with Gasteiger partial charge in [-0.05, 0) is 42.7 Å². The quantitative estimate of drug-likeness (QED) is 0.592. The third-order valence-corrected chi connectivity index (χ3v) is 7.08. The molecule has 0 amide bonds. The van der Waals surface area contributed by atoms with Crippen molar-refractivity contribution in [2.45, 2.75) is 36.6 Å². The van der Waals surface area contributed by atoms with Crippen LogP contribution in [0.5, 0.6) is 5.75 Å². The van der Waals surface area contributed by atoms with E-state index >= 15 is 0 Å². The van der Waals surface area contributed by atoms with E-state index in [1.165, 1.54) is 0 Å². The van der Waals surface area contributed by atoms with E-state index in [0.29, 0.717) is 36.9 Å². The topological polar surface area (TPSA) is 85.5 Å². The average molecular weight is 413 g/mol. The highest BCUT2D eigenvalue weighted by molar-refractivity contribution is 7.89. The molecule has 3 aromatic rings. The predicted octanol–water partition coefficient (Wildman–Crippen LogP) is 3.06. The number of sulfonamides is 1. The van der Waals surface area contributed by atoms with Crippen LogP contribution in [0.4, 0.5) is 0 Å². The SMILES string of the molecule is COc1ccc(S(=O)(=O)N2CCCC2Cc2noc(Cc3ccccc3)n2)cc1. The molecule has 1 atom stereocenters. The minimum absolute atomic E-state index is 0.177. The van der Waals surface area contributed by atoms with Gasteiger partial charge >= 0.3 is 0 Å². The van der Waals surface area contributed by atoms with Crippen molar-refractivity contribution in [1.29, 1.82) is 0 Å². The van der Waals surface area contributed by atoms with Gasteiger partial charge in [-0.2, -0.15) is 9.29 Å². The summed E-state index contributed by atoms with van der Waals surface area (Å²) in [6, 6.07) is 16.2. The van der Waals surface area contributed by atoms with Crippen LogP contribution in [0, 0.1) is 0 Å². The van der Waals surface area contributed by atoms with Gasteiger partial charge in [0, 0.05) is 19.0 Å². The molecule has 7 nitrogen and oxygen atoms in total. The Morgan fingerprint density at radius 3 is 2.62 bits per heavy atom. The van der Waals surface area contributed by atoms with Gasteiger partial charge in [0.25, 0.3) is 0 Å². The summed E-state index contributed by atoms with van der Waals surface area (Å²) in [6.07, 6.45) is 2.59. The Balaban J connectivity index is 1.47. The molecule has 1 fully saturated rings. The fourth-order valence-electron chi connectivity index (χ4n) is 3.64. The summed E-state index contributed by atoms with van der Waals surface area (Å²) in [5.74, 6) is 1.70. The summed E-state index contributed by atoms with van der Waals surface area (Å²) in [6.45, 7) is 0.494. The predicted molar refractivity (Wildman–Crippen MR) is 107 cm³/mol. The van der Waals surface area contributed by atoms with Crippen LogP contribution in [-0.4, -0.2) is 42.6 Å². The summed E-state index contributed by atoms with van der Waals surface area (Å²) >= 11 is 0. The molecule has 0 aliphatic carbocycles. The summed E-state index contributed by atoms with van der Waals surface area (Å²) in [7, 11) is -2.03. The van der Waals surface area contributed by atoms with Gasteiger partial charge in [0.1, 0.15) is 5.75 Å². The van der Waals surface area contributed by atoms with Gasteiger partial charge in [0.05, 0.1) is 18.4 Å². The zero-order valence-corrected chi connectivity index (χ0v) is 17.0. The summed E-state index contributed by atoms with van der Waals surface area (Å²) in [5, 5.41) is 4.06. The first-order valence-electron chi connectivity index (χ1n) is 9.57. The van der Waals surface area contributed by atoms with Gasteiger partial charge in [-0.3, -0.25) is 0 Å². The van der Waals surface area contributed by atoms with E-state index in [2.05, 4.69) is 10.1 Å². The Kier molecular flexibility index (Phi) is 5.64.